The van der Waals surface area contributed by atoms with Gasteiger partial charge in [0.2, 0.25) is 5.91 Å². The molecule has 0 radical (unpaired) electrons. The van der Waals surface area contributed by atoms with E-state index in [1.807, 2.05) is 18.2 Å². The Morgan fingerprint density at radius 1 is 1.25 bits per heavy atom. The smallest absolute Gasteiger partial charge is 0.228 e. The van der Waals surface area contributed by atoms with Gasteiger partial charge in [0.25, 0.3) is 0 Å². The second-order valence-electron chi connectivity index (χ2n) is 4.76. The highest BCUT2D eigenvalue weighted by molar-refractivity contribution is 5.86. The number of carbonyl (C=O) groups is 1. The fraction of sp³-hybridized carbons (Fsp3) is 0.462. The van der Waals surface area contributed by atoms with Crippen molar-refractivity contribution in [3.05, 3.63) is 35.9 Å². The molecule has 0 aromatic heterocycles. The van der Waals surface area contributed by atoms with Crippen LogP contribution < -0.4 is 10.6 Å². The average molecular weight is 216 g/mol. The van der Waals surface area contributed by atoms with E-state index in [1.54, 1.807) is 0 Å². The van der Waals surface area contributed by atoms with Crippen molar-refractivity contribution < 1.29 is 4.79 Å². The van der Waals surface area contributed by atoms with Crippen LogP contribution in [0.25, 0.3) is 0 Å². The molecule has 1 spiro atoms. The quantitative estimate of drug-likeness (QED) is 0.731. The molecule has 1 aromatic rings. The van der Waals surface area contributed by atoms with E-state index in [0.29, 0.717) is 5.92 Å². The molecule has 2 saturated heterocycles. The molecule has 1 amide bonds. The SMILES string of the molecule is O=C1NCC[C@]12CNC[C@H]2c1ccccc1. The molecule has 16 heavy (non-hydrogen) atoms. The molecule has 1 aromatic carbocycles. The number of carbonyl (C=O) groups excluding carboxylic acids is 1. The lowest BCUT2D eigenvalue weighted by molar-refractivity contribution is -0.127. The average Bonchev–Trinajstić information content (AvgIpc) is 2.90. The summed E-state index contributed by atoms with van der Waals surface area (Å²) in [5.74, 6) is 0.558. The van der Waals surface area contributed by atoms with Crippen molar-refractivity contribution in [1.82, 2.24) is 10.6 Å². The molecule has 0 bridgehead atoms. The lowest BCUT2D eigenvalue weighted by Gasteiger charge is -2.27. The number of hydrogen-bond donors (Lipinski definition) is 2. The Labute approximate surface area is 95.2 Å². The maximum atomic E-state index is 12.0. The highest BCUT2D eigenvalue weighted by atomic mass is 16.2. The summed E-state index contributed by atoms with van der Waals surface area (Å²) < 4.78 is 0. The van der Waals surface area contributed by atoms with E-state index in [0.717, 1.165) is 26.1 Å². The van der Waals surface area contributed by atoms with Gasteiger partial charge in [0.15, 0.2) is 0 Å². The lowest BCUT2D eigenvalue weighted by atomic mass is 9.73. The van der Waals surface area contributed by atoms with Gasteiger partial charge < -0.3 is 10.6 Å². The molecule has 2 aliphatic rings. The molecule has 2 N–H and O–H groups in total. The van der Waals surface area contributed by atoms with Crippen molar-refractivity contribution in [1.29, 1.82) is 0 Å². The van der Waals surface area contributed by atoms with Gasteiger partial charge in [0.05, 0.1) is 5.41 Å². The Kier molecular flexibility index (Phi) is 2.21. The maximum absolute atomic E-state index is 12.0. The van der Waals surface area contributed by atoms with Crippen LogP contribution in [0, 0.1) is 5.41 Å². The second-order valence-corrected chi connectivity index (χ2v) is 4.76. The zero-order chi connectivity index (χ0) is 11.0. The van der Waals surface area contributed by atoms with Gasteiger partial charge in [-0.3, -0.25) is 4.79 Å². The first-order valence-electron chi connectivity index (χ1n) is 5.87. The summed E-state index contributed by atoms with van der Waals surface area (Å²) in [4.78, 5) is 12.0. The van der Waals surface area contributed by atoms with Crippen LogP contribution in [-0.4, -0.2) is 25.5 Å². The molecule has 0 unspecified atom stereocenters. The summed E-state index contributed by atoms with van der Waals surface area (Å²) in [6, 6.07) is 10.4. The standard InChI is InChI=1S/C13H16N2O/c16-12-13(6-7-15-12)9-14-8-11(13)10-4-2-1-3-5-10/h1-5,11,14H,6-9H2,(H,15,16)/t11-,13+/m0/s1. The van der Waals surface area contributed by atoms with Crippen LogP contribution in [0.15, 0.2) is 30.3 Å². The highest BCUT2D eigenvalue weighted by Gasteiger charge is 2.51. The number of nitrogens with one attached hydrogen (secondary N) is 2. The summed E-state index contributed by atoms with van der Waals surface area (Å²) in [6.07, 6.45) is 0.957. The fourth-order valence-electron chi connectivity index (χ4n) is 3.07. The van der Waals surface area contributed by atoms with Gasteiger partial charge in [-0.1, -0.05) is 30.3 Å². The zero-order valence-corrected chi connectivity index (χ0v) is 9.20. The van der Waals surface area contributed by atoms with Crippen LogP contribution in [0.3, 0.4) is 0 Å². The van der Waals surface area contributed by atoms with Crippen LogP contribution in [0.5, 0.6) is 0 Å². The van der Waals surface area contributed by atoms with Gasteiger partial charge in [-0.2, -0.15) is 0 Å². The van der Waals surface area contributed by atoms with Gasteiger partial charge in [-0.25, -0.2) is 0 Å². The molecule has 84 valence electrons. The van der Waals surface area contributed by atoms with E-state index in [-0.39, 0.29) is 11.3 Å². The first kappa shape index (κ1) is 9.85. The van der Waals surface area contributed by atoms with E-state index in [4.69, 9.17) is 0 Å². The molecular formula is C13H16N2O. The van der Waals surface area contributed by atoms with Gasteiger partial charge in [0.1, 0.15) is 0 Å². The monoisotopic (exact) mass is 216 g/mol. The zero-order valence-electron chi connectivity index (χ0n) is 9.20. The number of hydrogen-bond acceptors (Lipinski definition) is 2. The molecule has 0 saturated carbocycles. The van der Waals surface area contributed by atoms with Crippen molar-refractivity contribution >= 4 is 5.91 Å². The number of rotatable bonds is 1. The molecule has 3 heteroatoms. The van der Waals surface area contributed by atoms with E-state index in [9.17, 15) is 4.79 Å². The molecular weight excluding hydrogens is 200 g/mol. The summed E-state index contributed by atoms with van der Waals surface area (Å²) in [5.41, 5.74) is 1.09. The predicted octanol–water partition coefficient (Wildman–Crippen LogP) is 0.880. The fourth-order valence-corrected chi connectivity index (χ4v) is 3.07. The van der Waals surface area contributed by atoms with Crippen LogP contribution in [0.2, 0.25) is 0 Å². The van der Waals surface area contributed by atoms with E-state index in [1.165, 1.54) is 5.56 Å². The normalized spacial score (nSPS) is 33.2. The molecule has 2 atom stereocenters. The highest BCUT2D eigenvalue weighted by Crippen LogP contribution is 2.44. The molecule has 3 nitrogen and oxygen atoms in total. The van der Waals surface area contributed by atoms with Crippen molar-refractivity contribution in [3.63, 3.8) is 0 Å². The summed E-state index contributed by atoms with van der Waals surface area (Å²) in [6.45, 7) is 2.56. The third-order valence-electron chi connectivity index (χ3n) is 3.97. The minimum Gasteiger partial charge on any atom is -0.356 e. The Morgan fingerprint density at radius 3 is 2.75 bits per heavy atom. The van der Waals surface area contributed by atoms with Crippen molar-refractivity contribution in [2.75, 3.05) is 19.6 Å². The largest absolute Gasteiger partial charge is 0.356 e. The topological polar surface area (TPSA) is 41.1 Å². The Hall–Kier alpha value is -1.35. The molecule has 2 fully saturated rings. The van der Waals surface area contributed by atoms with Crippen LogP contribution in [0.1, 0.15) is 17.9 Å². The summed E-state index contributed by atoms with van der Waals surface area (Å²) >= 11 is 0. The Bertz CT molecular complexity index is 400. The van der Waals surface area contributed by atoms with Gasteiger partial charge in [-0.05, 0) is 12.0 Å². The van der Waals surface area contributed by atoms with E-state index in [2.05, 4.69) is 22.8 Å². The number of amides is 1. The first-order valence-corrected chi connectivity index (χ1v) is 5.87. The van der Waals surface area contributed by atoms with Gasteiger partial charge in [0, 0.05) is 25.6 Å². The third kappa shape index (κ3) is 1.28. The summed E-state index contributed by atoms with van der Waals surface area (Å²) in [7, 11) is 0. The number of benzene rings is 1. The predicted molar refractivity (Wildman–Crippen MR) is 62.1 cm³/mol. The van der Waals surface area contributed by atoms with Crippen molar-refractivity contribution in [2.24, 2.45) is 5.41 Å². The van der Waals surface area contributed by atoms with Crippen molar-refractivity contribution in [3.8, 4) is 0 Å². The molecule has 2 aliphatic heterocycles. The first-order chi connectivity index (χ1) is 7.83. The molecule has 3 rings (SSSR count). The van der Waals surface area contributed by atoms with E-state index >= 15 is 0 Å². The van der Waals surface area contributed by atoms with Gasteiger partial charge >= 0.3 is 0 Å². The summed E-state index contributed by atoms with van der Waals surface area (Å²) in [5, 5.41) is 6.35. The minimum atomic E-state index is -0.193. The molecule has 2 heterocycles. The van der Waals surface area contributed by atoms with Crippen molar-refractivity contribution in [2.45, 2.75) is 12.3 Å². The minimum absolute atomic E-state index is 0.193. The second kappa shape index (κ2) is 3.59. The lowest BCUT2D eigenvalue weighted by Crippen LogP contribution is -2.37. The van der Waals surface area contributed by atoms with Crippen LogP contribution in [0.4, 0.5) is 0 Å². The maximum Gasteiger partial charge on any atom is 0.228 e. The van der Waals surface area contributed by atoms with E-state index < -0.39 is 0 Å². The molecule has 0 aliphatic carbocycles. The van der Waals surface area contributed by atoms with Crippen LogP contribution in [-0.2, 0) is 4.79 Å². The van der Waals surface area contributed by atoms with Crippen LogP contribution >= 0.6 is 0 Å². The third-order valence-corrected chi connectivity index (χ3v) is 3.97. The Morgan fingerprint density at radius 2 is 2.06 bits per heavy atom. The van der Waals surface area contributed by atoms with Gasteiger partial charge in [-0.15, -0.1) is 0 Å². The Balaban J connectivity index is 1.98.